The van der Waals surface area contributed by atoms with Crippen LogP contribution < -0.4 is 0 Å². The molecule has 0 N–H and O–H groups in total. The summed E-state index contributed by atoms with van der Waals surface area (Å²) in [6.07, 6.45) is 14.0. The topological polar surface area (TPSA) is 26.3 Å². The van der Waals surface area contributed by atoms with Crippen LogP contribution >= 0.6 is 0 Å². The molecule has 0 aliphatic carbocycles. The second kappa shape index (κ2) is 14.5. The minimum absolute atomic E-state index is 0.203. The van der Waals surface area contributed by atoms with Gasteiger partial charge in [-0.05, 0) is 43.6 Å². The molecule has 0 aromatic carbocycles. The molecule has 0 aliphatic heterocycles. The third kappa shape index (κ3) is 16.1. The van der Waals surface area contributed by atoms with E-state index in [2.05, 4.69) is 34.6 Å². The summed E-state index contributed by atoms with van der Waals surface area (Å²) in [4.78, 5) is 10.7. The molecule has 0 saturated carbocycles. The molecule has 0 heterocycles. The molecule has 0 fully saturated rings. The molecule has 0 bridgehead atoms. The first-order valence-electron chi connectivity index (χ1n) is 10.1. The Morgan fingerprint density at radius 3 is 1.83 bits per heavy atom. The molecule has 0 saturated heterocycles. The summed E-state index contributed by atoms with van der Waals surface area (Å²) in [7, 11) is 0. The molecular formula is C22H42O2. The molecule has 0 radical (unpaired) electrons. The third-order valence-corrected chi connectivity index (χ3v) is 4.86. The smallest absolute Gasteiger partial charge is 0.302 e. The molecular weight excluding hydrogens is 296 g/mol. The van der Waals surface area contributed by atoms with E-state index in [-0.39, 0.29) is 5.97 Å². The lowest BCUT2D eigenvalue weighted by Gasteiger charge is -2.15. The van der Waals surface area contributed by atoms with Gasteiger partial charge in [-0.25, -0.2) is 0 Å². The van der Waals surface area contributed by atoms with Crippen molar-refractivity contribution in [1.82, 2.24) is 0 Å². The van der Waals surface area contributed by atoms with Crippen molar-refractivity contribution in [3.8, 4) is 0 Å². The lowest BCUT2D eigenvalue weighted by atomic mass is 9.91. The maximum atomic E-state index is 10.7. The zero-order chi connectivity index (χ0) is 18.4. The normalized spacial score (nSPS) is 14.7. The van der Waals surface area contributed by atoms with Crippen LogP contribution in [-0.4, -0.2) is 12.6 Å². The SMILES string of the molecule is CC(=O)OCC=C(C)CCC[C@H](C)CCC[C@H](C)CCCC(C)C. The van der Waals surface area contributed by atoms with E-state index in [9.17, 15) is 4.79 Å². The largest absolute Gasteiger partial charge is 0.462 e. The van der Waals surface area contributed by atoms with Gasteiger partial charge < -0.3 is 4.74 Å². The number of ether oxygens (including phenoxy) is 1. The van der Waals surface area contributed by atoms with E-state index in [1.54, 1.807) is 0 Å². The van der Waals surface area contributed by atoms with Gasteiger partial charge in [0, 0.05) is 6.92 Å². The summed E-state index contributed by atoms with van der Waals surface area (Å²) in [5.74, 6) is 2.37. The van der Waals surface area contributed by atoms with Crippen LogP contribution in [-0.2, 0) is 9.53 Å². The quantitative estimate of drug-likeness (QED) is 0.253. The van der Waals surface area contributed by atoms with Gasteiger partial charge in [0.15, 0.2) is 0 Å². The standard InChI is InChI=1S/C22H42O2/c1-18(2)10-7-11-19(3)12-8-13-20(4)14-9-15-21(5)16-17-24-22(6)23/h16,18-20H,7-15,17H2,1-6H3/t19-,20-/m1/s1. The number of hydrogen-bond donors (Lipinski definition) is 0. The Morgan fingerprint density at radius 1 is 0.833 bits per heavy atom. The van der Waals surface area contributed by atoms with E-state index in [4.69, 9.17) is 4.74 Å². The Kier molecular flexibility index (Phi) is 14.1. The average Bonchev–Trinajstić information content (AvgIpc) is 2.46. The summed E-state index contributed by atoms with van der Waals surface area (Å²) >= 11 is 0. The predicted molar refractivity (Wildman–Crippen MR) is 105 cm³/mol. The van der Waals surface area contributed by atoms with Crippen LogP contribution in [0.4, 0.5) is 0 Å². The Bertz CT molecular complexity index is 344. The first-order chi connectivity index (χ1) is 11.3. The molecule has 2 nitrogen and oxygen atoms in total. The van der Waals surface area contributed by atoms with Gasteiger partial charge in [-0.2, -0.15) is 0 Å². The Labute approximate surface area is 151 Å². The van der Waals surface area contributed by atoms with E-state index >= 15 is 0 Å². The lowest BCUT2D eigenvalue weighted by molar-refractivity contribution is -0.139. The highest BCUT2D eigenvalue weighted by molar-refractivity contribution is 5.66. The lowest BCUT2D eigenvalue weighted by Crippen LogP contribution is -2.00. The van der Waals surface area contributed by atoms with Crippen LogP contribution in [0.2, 0.25) is 0 Å². The van der Waals surface area contributed by atoms with Crippen LogP contribution in [0.15, 0.2) is 11.6 Å². The molecule has 0 amide bonds. The van der Waals surface area contributed by atoms with E-state index in [0.29, 0.717) is 6.61 Å². The van der Waals surface area contributed by atoms with Crippen molar-refractivity contribution in [2.45, 2.75) is 99.3 Å². The van der Waals surface area contributed by atoms with Gasteiger partial charge in [-0.15, -0.1) is 0 Å². The molecule has 0 unspecified atom stereocenters. The third-order valence-electron chi connectivity index (χ3n) is 4.86. The summed E-state index contributed by atoms with van der Waals surface area (Å²) in [6, 6.07) is 0. The van der Waals surface area contributed by atoms with Crippen molar-refractivity contribution >= 4 is 5.97 Å². The molecule has 0 aliphatic rings. The van der Waals surface area contributed by atoms with E-state index in [0.717, 1.165) is 24.2 Å². The zero-order valence-corrected chi connectivity index (χ0v) is 17.2. The first-order valence-corrected chi connectivity index (χ1v) is 10.1. The number of carbonyl (C=O) groups is 1. The van der Waals surface area contributed by atoms with Crippen LogP contribution in [0.25, 0.3) is 0 Å². The van der Waals surface area contributed by atoms with Crippen molar-refractivity contribution < 1.29 is 9.53 Å². The van der Waals surface area contributed by atoms with Crippen molar-refractivity contribution in [3.63, 3.8) is 0 Å². The Balaban J connectivity index is 3.61. The van der Waals surface area contributed by atoms with Gasteiger partial charge in [0.05, 0.1) is 0 Å². The molecule has 0 aromatic heterocycles. The Hall–Kier alpha value is -0.790. The molecule has 0 spiro atoms. The van der Waals surface area contributed by atoms with Crippen LogP contribution in [0.1, 0.15) is 99.3 Å². The molecule has 0 aromatic rings. The van der Waals surface area contributed by atoms with Gasteiger partial charge >= 0.3 is 5.97 Å². The summed E-state index contributed by atoms with van der Waals surface area (Å²) in [5.41, 5.74) is 1.34. The highest BCUT2D eigenvalue weighted by Gasteiger charge is 2.06. The van der Waals surface area contributed by atoms with Crippen molar-refractivity contribution in [2.75, 3.05) is 6.61 Å². The fourth-order valence-electron chi connectivity index (χ4n) is 3.11. The first kappa shape index (κ1) is 23.2. The van der Waals surface area contributed by atoms with Crippen molar-refractivity contribution in [3.05, 3.63) is 11.6 Å². The number of hydrogen-bond acceptors (Lipinski definition) is 2. The summed E-state index contributed by atoms with van der Waals surface area (Å²) in [6.45, 7) is 13.5. The molecule has 24 heavy (non-hydrogen) atoms. The van der Waals surface area contributed by atoms with E-state index < -0.39 is 0 Å². The van der Waals surface area contributed by atoms with Crippen LogP contribution in [0.5, 0.6) is 0 Å². The van der Waals surface area contributed by atoms with Gasteiger partial charge in [-0.3, -0.25) is 4.79 Å². The molecule has 0 rings (SSSR count). The molecule has 2 atom stereocenters. The van der Waals surface area contributed by atoms with Gasteiger partial charge in [-0.1, -0.05) is 78.2 Å². The number of carbonyl (C=O) groups excluding carboxylic acids is 1. The van der Waals surface area contributed by atoms with Gasteiger partial charge in [0.2, 0.25) is 0 Å². The number of allylic oxidation sites excluding steroid dienone is 1. The average molecular weight is 339 g/mol. The fourth-order valence-corrected chi connectivity index (χ4v) is 3.11. The van der Waals surface area contributed by atoms with E-state index in [1.165, 1.54) is 63.9 Å². The highest BCUT2D eigenvalue weighted by Crippen LogP contribution is 2.21. The maximum absolute atomic E-state index is 10.7. The monoisotopic (exact) mass is 338 g/mol. The highest BCUT2D eigenvalue weighted by atomic mass is 16.5. The minimum Gasteiger partial charge on any atom is -0.462 e. The fraction of sp³-hybridized carbons (Fsp3) is 0.864. The number of rotatable bonds is 14. The van der Waals surface area contributed by atoms with Gasteiger partial charge in [0.25, 0.3) is 0 Å². The van der Waals surface area contributed by atoms with Gasteiger partial charge in [0.1, 0.15) is 6.61 Å². The zero-order valence-electron chi connectivity index (χ0n) is 17.2. The van der Waals surface area contributed by atoms with Crippen molar-refractivity contribution in [1.29, 1.82) is 0 Å². The maximum Gasteiger partial charge on any atom is 0.302 e. The predicted octanol–water partition coefficient (Wildman–Crippen LogP) is 6.93. The molecule has 142 valence electrons. The second-order valence-electron chi connectivity index (χ2n) is 8.21. The second-order valence-corrected chi connectivity index (χ2v) is 8.21. The summed E-state index contributed by atoms with van der Waals surface area (Å²) in [5, 5.41) is 0. The van der Waals surface area contributed by atoms with Crippen LogP contribution in [0, 0.1) is 17.8 Å². The summed E-state index contributed by atoms with van der Waals surface area (Å²) < 4.78 is 4.94. The van der Waals surface area contributed by atoms with Crippen molar-refractivity contribution in [2.24, 2.45) is 17.8 Å². The van der Waals surface area contributed by atoms with E-state index in [1.807, 2.05) is 6.08 Å². The minimum atomic E-state index is -0.203. The van der Waals surface area contributed by atoms with Crippen LogP contribution in [0.3, 0.4) is 0 Å². The molecule has 2 heteroatoms. The Morgan fingerprint density at radius 2 is 1.33 bits per heavy atom. The number of esters is 1.